The average Bonchev–Trinajstić information content (AvgIpc) is 2.88. The predicted molar refractivity (Wildman–Crippen MR) is 68.9 cm³/mol. The third-order valence-electron chi connectivity index (χ3n) is 2.16. The third-order valence-corrected chi connectivity index (χ3v) is 2.90. The van der Waals surface area contributed by atoms with Crippen molar-refractivity contribution in [2.75, 3.05) is 11.9 Å². The number of amides is 1. The Hall–Kier alpha value is -1.88. The number of nitrogens with one attached hydrogen (secondary N) is 2. The first kappa shape index (κ1) is 11.6. The van der Waals surface area contributed by atoms with E-state index in [1.165, 1.54) is 11.3 Å². The number of hydrogen-bond acceptors (Lipinski definition) is 4. The molecule has 0 unspecified atom stereocenters. The maximum absolute atomic E-state index is 11.5. The van der Waals surface area contributed by atoms with Gasteiger partial charge in [-0.25, -0.2) is 4.98 Å². The molecule has 4 nitrogen and oxygen atoms in total. The molecule has 0 aliphatic carbocycles. The number of carbonyl (C=O) groups is 1. The molecule has 0 atom stereocenters. The lowest BCUT2D eigenvalue weighted by Gasteiger charge is -2.05. The summed E-state index contributed by atoms with van der Waals surface area (Å²) < 4.78 is 0. The maximum atomic E-state index is 11.5. The van der Waals surface area contributed by atoms with Gasteiger partial charge in [0, 0.05) is 18.1 Å². The molecule has 0 saturated carbocycles. The maximum Gasteiger partial charge on any atom is 0.239 e. The van der Waals surface area contributed by atoms with E-state index in [1.54, 1.807) is 6.20 Å². The lowest BCUT2D eigenvalue weighted by atomic mass is 10.2. The molecule has 2 aromatic rings. The van der Waals surface area contributed by atoms with Crippen molar-refractivity contribution in [2.24, 2.45) is 0 Å². The summed E-state index contributed by atoms with van der Waals surface area (Å²) in [6.45, 7) is 0.805. The molecule has 1 aromatic heterocycles. The van der Waals surface area contributed by atoms with E-state index in [0.29, 0.717) is 6.54 Å². The predicted octanol–water partition coefficient (Wildman–Crippen LogP) is 1.87. The van der Waals surface area contributed by atoms with E-state index in [-0.39, 0.29) is 12.5 Å². The molecule has 2 N–H and O–H groups in total. The second-order valence-corrected chi connectivity index (χ2v) is 4.35. The van der Waals surface area contributed by atoms with Gasteiger partial charge in [-0.3, -0.25) is 4.79 Å². The molecule has 0 spiro atoms. The van der Waals surface area contributed by atoms with Crippen LogP contribution in [0.5, 0.6) is 0 Å². The summed E-state index contributed by atoms with van der Waals surface area (Å²) >= 11 is 1.48. The Kier molecular flexibility index (Phi) is 4.10. The minimum Gasteiger partial charge on any atom is -0.352 e. The lowest BCUT2D eigenvalue weighted by molar-refractivity contribution is -0.119. The Labute approximate surface area is 104 Å². The van der Waals surface area contributed by atoms with E-state index in [4.69, 9.17) is 0 Å². The molecule has 1 amide bonds. The second-order valence-electron chi connectivity index (χ2n) is 3.45. The summed E-state index contributed by atoms with van der Waals surface area (Å²) in [6.07, 6.45) is 1.70. The summed E-state index contributed by atoms with van der Waals surface area (Å²) in [5.41, 5.74) is 1.09. The quantitative estimate of drug-likeness (QED) is 0.848. The third kappa shape index (κ3) is 3.88. The highest BCUT2D eigenvalue weighted by molar-refractivity contribution is 7.13. The molecule has 0 aliphatic rings. The van der Waals surface area contributed by atoms with Crippen molar-refractivity contribution in [3.8, 4) is 0 Å². The van der Waals surface area contributed by atoms with Crippen LogP contribution in [0.4, 0.5) is 5.13 Å². The highest BCUT2D eigenvalue weighted by Crippen LogP contribution is 2.09. The van der Waals surface area contributed by atoms with Crippen LogP contribution in [0.1, 0.15) is 5.56 Å². The summed E-state index contributed by atoms with van der Waals surface area (Å²) in [7, 11) is 0. The van der Waals surface area contributed by atoms with Gasteiger partial charge in [0.15, 0.2) is 5.13 Å². The molecule has 0 saturated heterocycles. The van der Waals surface area contributed by atoms with E-state index < -0.39 is 0 Å². The summed E-state index contributed by atoms with van der Waals surface area (Å²) in [5, 5.41) is 8.42. The van der Waals surface area contributed by atoms with E-state index in [9.17, 15) is 4.79 Å². The molecule has 0 fully saturated rings. The second kappa shape index (κ2) is 6.00. The van der Waals surface area contributed by atoms with Crippen LogP contribution in [0, 0.1) is 0 Å². The van der Waals surface area contributed by atoms with E-state index >= 15 is 0 Å². The number of anilines is 1. The topological polar surface area (TPSA) is 54.0 Å². The van der Waals surface area contributed by atoms with Gasteiger partial charge >= 0.3 is 0 Å². The molecule has 1 aromatic carbocycles. The number of nitrogens with zero attached hydrogens (tertiary/aromatic N) is 1. The van der Waals surface area contributed by atoms with Crippen LogP contribution >= 0.6 is 11.3 Å². The van der Waals surface area contributed by atoms with Crippen LogP contribution in [0.25, 0.3) is 0 Å². The zero-order valence-electron chi connectivity index (χ0n) is 9.22. The minimum absolute atomic E-state index is 0.0379. The van der Waals surface area contributed by atoms with Crippen molar-refractivity contribution in [2.45, 2.75) is 6.54 Å². The minimum atomic E-state index is -0.0379. The van der Waals surface area contributed by atoms with Gasteiger partial charge in [-0.15, -0.1) is 11.3 Å². The number of benzene rings is 1. The highest BCUT2D eigenvalue weighted by atomic mass is 32.1. The molecule has 5 heteroatoms. The first-order valence-corrected chi connectivity index (χ1v) is 6.16. The molecule has 1 heterocycles. The number of aromatic nitrogens is 1. The first-order chi connectivity index (χ1) is 8.34. The van der Waals surface area contributed by atoms with Crippen LogP contribution in [0.2, 0.25) is 0 Å². The molecule has 2 rings (SSSR count). The van der Waals surface area contributed by atoms with E-state index in [2.05, 4.69) is 15.6 Å². The fourth-order valence-electron chi connectivity index (χ4n) is 1.33. The van der Waals surface area contributed by atoms with Crippen molar-refractivity contribution in [3.05, 3.63) is 47.5 Å². The van der Waals surface area contributed by atoms with Crippen molar-refractivity contribution in [1.29, 1.82) is 0 Å². The van der Waals surface area contributed by atoms with Gasteiger partial charge in [-0.2, -0.15) is 0 Å². The van der Waals surface area contributed by atoms with Crippen LogP contribution in [-0.2, 0) is 11.3 Å². The molecular weight excluding hydrogens is 234 g/mol. The molecular formula is C12H13N3OS. The zero-order chi connectivity index (χ0) is 11.9. The Morgan fingerprint density at radius 2 is 2.12 bits per heavy atom. The fraction of sp³-hybridized carbons (Fsp3) is 0.167. The van der Waals surface area contributed by atoms with Crippen LogP contribution in [0.3, 0.4) is 0 Å². The Bertz CT molecular complexity index is 456. The Morgan fingerprint density at radius 1 is 1.29 bits per heavy atom. The monoisotopic (exact) mass is 247 g/mol. The highest BCUT2D eigenvalue weighted by Gasteiger charge is 2.01. The first-order valence-electron chi connectivity index (χ1n) is 5.28. The summed E-state index contributed by atoms with van der Waals surface area (Å²) in [4.78, 5) is 15.5. The number of carbonyl (C=O) groups excluding carboxylic acids is 1. The van der Waals surface area contributed by atoms with Gasteiger partial charge in [-0.1, -0.05) is 30.3 Å². The Balaban J connectivity index is 1.71. The standard InChI is InChI=1S/C12H13N3OS/c16-11(9-15-12-13-6-7-17-12)14-8-10-4-2-1-3-5-10/h1-7H,8-9H2,(H,13,15)(H,14,16). The van der Waals surface area contributed by atoms with Gasteiger partial charge in [0.25, 0.3) is 0 Å². The molecule has 0 radical (unpaired) electrons. The van der Waals surface area contributed by atoms with Crippen LogP contribution in [-0.4, -0.2) is 17.4 Å². The lowest BCUT2D eigenvalue weighted by Crippen LogP contribution is -2.29. The SMILES string of the molecule is O=C(CNc1nccs1)NCc1ccccc1. The summed E-state index contributed by atoms with van der Waals surface area (Å²) in [6, 6.07) is 9.82. The van der Waals surface area contributed by atoms with E-state index in [1.807, 2.05) is 35.7 Å². The molecule has 0 bridgehead atoms. The van der Waals surface area contributed by atoms with Crippen LogP contribution < -0.4 is 10.6 Å². The smallest absolute Gasteiger partial charge is 0.239 e. The van der Waals surface area contributed by atoms with Gasteiger partial charge in [0.05, 0.1) is 6.54 Å². The van der Waals surface area contributed by atoms with Gasteiger partial charge < -0.3 is 10.6 Å². The fourth-order valence-corrected chi connectivity index (χ4v) is 1.85. The number of hydrogen-bond donors (Lipinski definition) is 2. The van der Waals surface area contributed by atoms with Gasteiger partial charge in [0.1, 0.15) is 0 Å². The average molecular weight is 247 g/mol. The largest absolute Gasteiger partial charge is 0.352 e. The Morgan fingerprint density at radius 3 is 2.82 bits per heavy atom. The summed E-state index contributed by atoms with van der Waals surface area (Å²) in [5.74, 6) is -0.0379. The molecule has 17 heavy (non-hydrogen) atoms. The van der Waals surface area contributed by atoms with Crippen molar-refractivity contribution in [3.63, 3.8) is 0 Å². The van der Waals surface area contributed by atoms with Gasteiger partial charge in [0.2, 0.25) is 5.91 Å². The van der Waals surface area contributed by atoms with Crippen LogP contribution in [0.15, 0.2) is 41.9 Å². The molecule has 0 aliphatic heterocycles. The van der Waals surface area contributed by atoms with Crippen molar-refractivity contribution in [1.82, 2.24) is 10.3 Å². The zero-order valence-corrected chi connectivity index (χ0v) is 10.0. The normalized spacial score (nSPS) is 9.88. The van der Waals surface area contributed by atoms with E-state index in [0.717, 1.165) is 10.7 Å². The van der Waals surface area contributed by atoms with Gasteiger partial charge in [-0.05, 0) is 5.56 Å². The number of thiazole rings is 1. The van der Waals surface area contributed by atoms with Crippen molar-refractivity contribution < 1.29 is 4.79 Å². The molecule has 88 valence electrons. The number of rotatable bonds is 5. The van der Waals surface area contributed by atoms with Crippen molar-refractivity contribution >= 4 is 22.4 Å².